The molecule has 0 aliphatic heterocycles. The van der Waals surface area contributed by atoms with Crippen LogP contribution in [0.2, 0.25) is 0 Å². The molecule has 0 bridgehead atoms. The van der Waals surface area contributed by atoms with Crippen LogP contribution in [0.1, 0.15) is 303 Å². The van der Waals surface area contributed by atoms with Gasteiger partial charge in [-0.1, -0.05) is 260 Å². The largest absolute Gasteiger partial charge is 0.462 e. The molecule has 0 aliphatic rings. The zero-order valence-corrected chi connectivity index (χ0v) is 48.1. The van der Waals surface area contributed by atoms with Gasteiger partial charge in [0.2, 0.25) is 0 Å². The van der Waals surface area contributed by atoms with Crippen molar-refractivity contribution in [3.8, 4) is 0 Å². The average Bonchev–Trinajstić information content (AvgIpc) is 3.39. The monoisotopic (exact) mass is 1020 g/mol. The highest BCUT2D eigenvalue weighted by Gasteiger charge is 2.19. The summed E-state index contributed by atoms with van der Waals surface area (Å²) in [7, 11) is 0. The van der Waals surface area contributed by atoms with Gasteiger partial charge in [0, 0.05) is 19.3 Å². The second kappa shape index (κ2) is 61.1. The minimum absolute atomic E-state index is 0.0801. The summed E-state index contributed by atoms with van der Waals surface area (Å²) < 4.78 is 16.8. The van der Waals surface area contributed by atoms with Gasteiger partial charge >= 0.3 is 17.9 Å². The summed E-state index contributed by atoms with van der Waals surface area (Å²) in [4.78, 5) is 38.1. The van der Waals surface area contributed by atoms with Crippen LogP contribution in [0, 0.1) is 0 Å². The summed E-state index contributed by atoms with van der Waals surface area (Å²) >= 11 is 0. The van der Waals surface area contributed by atoms with E-state index in [1.54, 1.807) is 0 Å². The van der Waals surface area contributed by atoms with Crippen LogP contribution in [0.25, 0.3) is 0 Å². The quantitative estimate of drug-likeness (QED) is 0.0261. The Morgan fingerprint density at radius 2 is 0.562 bits per heavy atom. The van der Waals surface area contributed by atoms with Crippen molar-refractivity contribution in [3.05, 3.63) is 85.1 Å². The van der Waals surface area contributed by atoms with E-state index in [0.717, 1.165) is 116 Å². The highest BCUT2D eigenvalue weighted by Crippen LogP contribution is 2.16. The van der Waals surface area contributed by atoms with Gasteiger partial charge in [-0.05, 0) is 109 Å². The van der Waals surface area contributed by atoms with E-state index in [1.165, 1.54) is 148 Å². The Hall–Kier alpha value is -3.41. The van der Waals surface area contributed by atoms with Crippen LogP contribution in [0.15, 0.2) is 85.1 Å². The molecule has 0 aromatic carbocycles. The van der Waals surface area contributed by atoms with Gasteiger partial charge in [-0.3, -0.25) is 14.4 Å². The molecule has 6 heteroatoms. The van der Waals surface area contributed by atoms with Crippen molar-refractivity contribution in [3.63, 3.8) is 0 Å². The summed E-state index contributed by atoms with van der Waals surface area (Å²) in [5, 5.41) is 0. The molecule has 0 heterocycles. The van der Waals surface area contributed by atoms with E-state index in [4.69, 9.17) is 14.2 Å². The molecule has 0 aromatic heterocycles. The molecule has 0 saturated heterocycles. The standard InChI is InChI=1S/C67H116O6/c1-4-7-10-13-16-19-22-24-26-27-28-29-30-31-32-33-34-35-36-37-38-39-40-41-42-44-45-48-51-54-57-60-66(69)72-63-64(62-71-65(68)59-56-53-50-47-21-18-15-12-9-6-3)73-67(70)61-58-55-52-49-46-43-25-23-20-17-14-11-8-5-2/h7,10,12,15-16,19,23-26,28-29,31-32,64H,4-6,8-9,11,13-14,17-18,20-22,27,30,33-63H2,1-3H3/b10-7-,15-12-,19-16-,25-23-,26-24-,29-28-,32-31-. The average molecular weight is 1020 g/mol. The fourth-order valence-corrected chi connectivity index (χ4v) is 8.70. The van der Waals surface area contributed by atoms with Crippen molar-refractivity contribution in [2.24, 2.45) is 0 Å². The van der Waals surface area contributed by atoms with E-state index in [1.807, 2.05) is 0 Å². The molecule has 0 spiro atoms. The molecular formula is C67H116O6. The summed E-state index contributed by atoms with van der Waals surface area (Å²) in [6.07, 6.45) is 80.3. The highest BCUT2D eigenvalue weighted by molar-refractivity contribution is 5.71. The van der Waals surface area contributed by atoms with Gasteiger partial charge in [0.25, 0.3) is 0 Å². The fraction of sp³-hybridized carbons (Fsp3) is 0.746. The molecule has 1 unspecified atom stereocenters. The summed E-state index contributed by atoms with van der Waals surface area (Å²) in [6, 6.07) is 0. The van der Waals surface area contributed by atoms with Crippen molar-refractivity contribution < 1.29 is 28.6 Å². The van der Waals surface area contributed by atoms with Gasteiger partial charge in [-0.15, -0.1) is 0 Å². The minimum atomic E-state index is -0.782. The van der Waals surface area contributed by atoms with Gasteiger partial charge in [-0.2, -0.15) is 0 Å². The van der Waals surface area contributed by atoms with Crippen molar-refractivity contribution >= 4 is 17.9 Å². The summed E-state index contributed by atoms with van der Waals surface area (Å²) in [5.41, 5.74) is 0. The fourth-order valence-electron chi connectivity index (χ4n) is 8.70. The number of carbonyl (C=O) groups excluding carboxylic acids is 3. The Bertz CT molecular complexity index is 1400. The first-order valence-electron chi connectivity index (χ1n) is 31.1. The van der Waals surface area contributed by atoms with Crippen LogP contribution < -0.4 is 0 Å². The van der Waals surface area contributed by atoms with Crippen molar-refractivity contribution in [1.29, 1.82) is 0 Å². The minimum Gasteiger partial charge on any atom is -0.462 e. The Balaban J connectivity index is 4.12. The molecule has 0 amide bonds. The molecule has 0 fully saturated rings. The summed E-state index contributed by atoms with van der Waals surface area (Å²) in [6.45, 7) is 6.46. The molecule has 0 radical (unpaired) electrons. The van der Waals surface area contributed by atoms with Crippen LogP contribution in [0.3, 0.4) is 0 Å². The molecule has 73 heavy (non-hydrogen) atoms. The predicted octanol–water partition coefficient (Wildman–Crippen LogP) is 21.1. The zero-order valence-electron chi connectivity index (χ0n) is 48.1. The molecule has 420 valence electrons. The zero-order chi connectivity index (χ0) is 52.9. The van der Waals surface area contributed by atoms with E-state index in [0.29, 0.717) is 19.3 Å². The van der Waals surface area contributed by atoms with E-state index >= 15 is 0 Å². The van der Waals surface area contributed by atoms with Crippen LogP contribution in [0.5, 0.6) is 0 Å². The van der Waals surface area contributed by atoms with Crippen LogP contribution in [-0.2, 0) is 28.6 Å². The molecular weight excluding hydrogens is 901 g/mol. The third kappa shape index (κ3) is 59.3. The molecule has 0 saturated carbocycles. The molecule has 0 aromatic rings. The maximum atomic E-state index is 12.8. The Morgan fingerprint density at radius 3 is 0.904 bits per heavy atom. The number of hydrogen-bond donors (Lipinski definition) is 0. The number of ether oxygens (including phenoxy) is 3. The van der Waals surface area contributed by atoms with Crippen LogP contribution >= 0.6 is 0 Å². The normalized spacial score (nSPS) is 12.6. The number of rotatable bonds is 56. The molecule has 1 atom stereocenters. The molecule has 0 N–H and O–H groups in total. The number of unbranched alkanes of at least 4 members (excludes halogenated alkanes) is 31. The lowest BCUT2D eigenvalue weighted by molar-refractivity contribution is -0.167. The Labute approximate surface area is 452 Å². The van der Waals surface area contributed by atoms with Crippen LogP contribution in [0.4, 0.5) is 0 Å². The number of hydrogen-bond acceptors (Lipinski definition) is 6. The molecule has 0 aliphatic carbocycles. The highest BCUT2D eigenvalue weighted by atomic mass is 16.6. The first-order valence-corrected chi connectivity index (χ1v) is 31.1. The van der Waals surface area contributed by atoms with Crippen molar-refractivity contribution in [1.82, 2.24) is 0 Å². The second-order valence-corrected chi connectivity index (χ2v) is 20.6. The Kier molecular flexibility index (Phi) is 58.3. The van der Waals surface area contributed by atoms with Crippen LogP contribution in [-0.4, -0.2) is 37.2 Å². The van der Waals surface area contributed by atoms with E-state index in [2.05, 4.69) is 106 Å². The van der Waals surface area contributed by atoms with Gasteiger partial charge in [-0.25, -0.2) is 0 Å². The van der Waals surface area contributed by atoms with Crippen molar-refractivity contribution in [2.75, 3.05) is 13.2 Å². The van der Waals surface area contributed by atoms with Gasteiger partial charge in [0.05, 0.1) is 0 Å². The second-order valence-electron chi connectivity index (χ2n) is 20.6. The topological polar surface area (TPSA) is 78.9 Å². The summed E-state index contributed by atoms with van der Waals surface area (Å²) in [5.74, 6) is -0.892. The molecule has 0 rings (SSSR count). The third-order valence-corrected chi connectivity index (χ3v) is 13.3. The van der Waals surface area contributed by atoms with Crippen molar-refractivity contribution in [2.45, 2.75) is 309 Å². The Morgan fingerprint density at radius 1 is 0.288 bits per heavy atom. The van der Waals surface area contributed by atoms with Gasteiger partial charge in [0.1, 0.15) is 13.2 Å². The lowest BCUT2D eigenvalue weighted by Gasteiger charge is -2.18. The lowest BCUT2D eigenvalue weighted by atomic mass is 10.0. The van der Waals surface area contributed by atoms with E-state index in [9.17, 15) is 14.4 Å². The SMILES string of the molecule is CC/C=C\C/C=C\C/C=C\C/C=C\C/C=C\CCCCCCCCCCCCCCCCCC(=O)OCC(COC(=O)CCCCCCC/C=C\CCC)OC(=O)CCCCCCC/C=C\CCCCCCC. The number of allylic oxidation sites excluding steroid dienone is 14. The maximum Gasteiger partial charge on any atom is 0.306 e. The van der Waals surface area contributed by atoms with Gasteiger partial charge < -0.3 is 14.2 Å². The molecule has 6 nitrogen and oxygen atoms in total. The smallest absolute Gasteiger partial charge is 0.306 e. The number of esters is 3. The third-order valence-electron chi connectivity index (χ3n) is 13.3. The number of carbonyl (C=O) groups is 3. The first-order chi connectivity index (χ1) is 36.0. The van der Waals surface area contributed by atoms with Gasteiger partial charge in [0.15, 0.2) is 6.10 Å². The first kappa shape index (κ1) is 69.6. The predicted molar refractivity (Wildman–Crippen MR) is 316 cm³/mol. The van der Waals surface area contributed by atoms with E-state index in [-0.39, 0.29) is 31.1 Å². The van der Waals surface area contributed by atoms with E-state index < -0.39 is 6.10 Å². The maximum absolute atomic E-state index is 12.8. The lowest BCUT2D eigenvalue weighted by Crippen LogP contribution is -2.30.